The van der Waals surface area contributed by atoms with Crippen LogP contribution in [0.4, 0.5) is 0 Å². The summed E-state index contributed by atoms with van der Waals surface area (Å²) in [5.74, 6) is 1.09. The molecule has 0 atom stereocenters. The van der Waals surface area contributed by atoms with Gasteiger partial charge in [0.2, 0.25) is 0 Å². The van der Waals surface area contributed by atoms with Crippen molar-refractivity contribution >= 4 is 11.7 Å². The van der Waals surface area contributed by atoms with Crippen molar-refractivity contribution in [2.24, 2.45) is 4.99 Å². The number of benzene rings is 1. The molecule has 0 radical (unpaired) electrons. The van der Waals surface area contributed by atoms with Crippen LogP contribution < -0.4 is 4.74 Å². The zero-order valence-electron chi connectivity index (χ0n) is 14.6. The Hall–Kier alpha value is -2.60. The van der Waals surface area contributed by atoms with E-state index >= 15 is 0 Å². The predicted molar refractivity (Wildman–Crippen MR) is 94.8 cm³/mol. The van der Waals surface area contributed by atoms with Gasteiger partial charge in [0.1, 0.15) is 11.5 Å². The molecule has 0 heterocycles. The second kappa shape index (κ2) is 10.3. The van der Waals surface area contributed by atoms with Crippen LogP contribution >= 0.6 is 0 Å². The van der Waals surface area contributed by atoms with Gasteiger partial charge in [-0.3, -0.25) is 4.99 Å². The molecule has 134 valence electrons. The van der Waals surface area contributed by atoms with E-state index in [0.717, 1.165) is 17.0 Å². The summed E-state index contributed by atoms with van der Waals surface area (Å²) in [6.45, 7) is 1.62. The number of carbonyl (C=O) groups excluding carboxylic acids is 1. The molecule has 2 rings (SSSR count). The van der Waals surface area contributed by atoms with E-state index in [1.807, 2.05) is 36.4 Å². The van der Waals surface area contributed by atoms with Crippen LogP contribution in [0.15, 0.2) is 53.2 Å². The summed E-state index contributed by atoms with van der Waals surface area (Å²) in [6, 6.07) is 7.79. The number of allylic oxidation sites excluding steroid dienone is 3. The largest absolute Gasteiger partial charge is 0.497 e. The van der Waals surface area contributed by atoms with Gasteiger partial charge in [-0.2, -0.15) is 0 Å². The zero-order valence-corrected chi connectivity index (χ0v) is 14.6. The SMILES string of the molecule is COC(=O)COC1=CCC(=NCCOCc2ccc(OC)cc2)C=C1. The molecular weight excluding hydrogens is 322 g/mol. The average molecular weight is 345 g/mol. The number of nitrogens with zero attached hydrogens (tertiary/aromatic N) is 1. The highest BCUT2D eigenvalue weighted by molar-refractivity contribution is 5.97. The molecule has 1 aliphatic rings. The van der Waals surface area contributed by atoms with Crippen molar-refractivity contribution in [3.63, 3.8) is 0 Å². The van der Waals surface area contributed by atoms with Crippen LogP contribution in [0.5, 0.6) is 5.75 Å². The predicted octanol–water partition coefficient (Wildman–Crippen LogP) is 2.69. The number of hydrogen-bond acceptors (Lipinski definition) is 6. The van der Waals surface area contributed by atoms with E-state index in [9.17, 15) is 4.79 Å². The van der Waals surface area contributed by atoms with E-state index < -0.39 is 5.97 Å². The summed E-state index contributed by atoms with van der Waals surface area (Å²) in [4.78, 5) is 15.5. The topological polar surface area (TPSA) is 66.4 Å². The van der Waals surface area contributed by atoms with Gasteiger partial charge in [-0.05, 0) is 35.9 Å². The Bertz CT molecular complexity index is 646. The van der Waals surface area contributed by atoms with Crippen molar-refractivity contribution in [2.45, 2.75) is 13.0 Å². The van der Waals surface area contributed by atoms with E-state index in [1.54, 1.807) is 13.2 Å². The molecular formula is C19H23NO5. The van der Waals surface area contributed by atoms with Crippen LogP contribution in [0.2, 0.25) is 0 Å². The monoisotopic (exact) mass is 345 g/mol. The Morgan fingerprint density at radius 3 is 2.60 bits per heavy atom. The molecule has 1 aliphatic carbocycles. The molecule has 0 saturated carbocycles. The molecule has 0 aliphatic heterocycles. The molecule has 0 fully saturated rings. The number of hydrogen-bond donors (Lipinski definition) is 0. The maximum atomic E-state index is 11.0. The second-order valence-corrected chi connectivity index (χ2v) is 5.28. The lowest BCUT2D eigenvalue weighted by molar-refractivity contribution is -0.144. The summed E-state index contributed by atoms with van der Waals surface area (Å²) in [5.41, 5.74) is 2.06. The maximum absolute atomic E-state index is 11.0. The molecule has 0 spiro atoms. The molecule has 1 aromatic carbocycles. The lowest BCUT2D eigenvalue weighted by atomic mass is 10.1. The van der Waals surface area contributed by atoms with E-state index in [-0.39, 0.29) is 6.61 Å². The summed E-state index contributed by atoms with van der Waals surface area (Å²) in [7, 11) is 2.98. The fraction of sp³-hybridized carbons (Fsp3) is 0.368. The highest BCUT2D eigenvalue weighted by Crippen LogP contribution is 2.12. The number of esters is 1. The zero-order chi connectivity index (χ0) is 17.9. The van der Waals surface area contributed by atoms with Gasteiger partial charge in [0.05, 0.1) is 34.0 Å². The Morgan fingerprint density at radius 2 is 1.96 bits per heavy atom. The van der Waals surface area contributed by atoms with Crippen molar-refractivity contribution in [2.75, 3.05) is 34.0 Å². The van der Waals surface area contributed by atoms with Gasteiger partial charge in [-0.15, -0.1) is 0 Å². The van der Waals surface area contributed by atoms with Crippen molar-refractivity contribution in [1.82, 2.24) is 0 Å². The van der Waals surface area contributed by atoms with Crippen LogP contribution in [0, 0.1) is 0 Å². The lowest BCUT2D eigenvalue weighted by Crippen LogP contribution is -2.11. The molecule has 6 nitrogen and oxygen atoms in total. The summed E-state index contributed by atoms with van der Waals surface area (Å²) in [5, 5.41) is 0. The molecule has 0 saturated heterocycles. The van der Waals surface area contributed by atoms with E-state index in [1.165, 1.54) is 7.11 Å². The first kappa shape index (κ1) is 18.7. The summed E-state index contributed by atoms with van der Waals surface area (Å²) < 4.78 is 20.6. The van der Waals surface area contributed by atoms with Crippen molar-refractivity contribution in [3.05, 3.63) is 53.8 Å². The Labute approximate surface area is 147 Å². The molecule has 25 heavy (non-hydrogen) atoms. The quantitative estimate of drug-likeness (QED) is 0.508. The first-order valence-electron chi connectivity index (χ1n) is 8.03. The molecule has 0 unspecified atom stereocenters. The fourth-order valence-electron chi connectivity index (χ4n) is 2.11. The number of carbonyl (C=O) groups is 1. The van der Waals surface area contributed by atoms with Gasteiger partial charge in [-0.25, -0.2) is 4.79 Å². The summed E-state index contributed by atoms with van der Waals surface area (Å²) >= 11 is 0. The van der Waals surface area contributed by atoms with E-state index in [0.29, 0.717) is 31.9 Å². The van der Waals surface area contributed by atoms with Gasteiger partial charge in [0.15, 0.2) is 6.61 Å². The van der Waals surface area contributed by atoms with Crippen LogP contribution in [0.3, 0.4) is 0 Å². The van der Waals surface area contributed by atoms with Crippen LogP contribution in [-0.4, -0.2) is 45.7 Å². The Morgan fingerprint density at radius 1 is 1.16 bits per heavy atom. The van der Waals surface area contributed by atoms with E-state index in [4.69, 9.17) is 14.2 Å². The summed E-state index contributed by atoms with van der Waals surface area (Å²) in [6.07, 6.45) is 6.24. The molecule has 0 aromatic heterocycles. The third kappa shape index (κ3) is 6.81. The van der Waals surface area contributed by atoms with Gasteiger partial charge < -0.3 is 18.9 Å². The fourth-order valence-corrected chi connectivity index (χ4v) is 2.11. The van der Waals surface area contributed by atoms with Crippen molar-refractivity contribution in [3.8, 4) is 5.75 Å². The normalized spacial score (nSPS) is 15.0. The maximum Gasteiger partial charge on any atom is 0.343 e. The van der Waals surface area contributed by atoms with Gasteiger partial charge >= 0.3 is 5.97 Å². The molecule has 6 heteroatoms. The van der Waals surface area contributed by atoms with Crippen LogP contribution in [-0.2, 0) is 25.6 Å². The minimum atomic E-state index is -0.400. The lowest BCUT2D eigenvalue weighted by Gasteiger charge is -2.10. The van der Waals surface area contributed by atoms with Gasteiger partial charge in [0.25, 0.3) is 0 Å². The van der Waals surface area contributed by atoms with Gasteiger partial charge in [-0.1, -0.05) is 12.1 Å². The number of aliphatic imine (C=N–C) groups is 1. The van der Waals surface area contributed by atoms with Crippen LogP contribution in [0.25, 0.3) is 0 Å². The smallest absolute Gasteiger partial charge is 0.343 e. The number of rotatable bonds is 9. The van der Waals surface area contributed by atoms with Crippen LogP contribution in [0.1, 0.15) is 12.0 Å². The molecule has 1 aromatic rings. The van der Waals surface area contributed by atoms with E-state index in [2.05, 4.69) is 9.73 Å². The minimum absolute atomic E-state index is 0.0850. The standard InChI is InChI=1S/C19H23NO5/c1-22-17-7-3-15(4-8-17)13-24-12-11-20-16-5-9-18(10-6-16)25-14-19(21)23-2/h3-5,7-10H,6,11-14H2,1-2H3. The number of methoxy groups -OCH3 is 2. The van der Waals surface area contributed by atoms with Crippen molar-refractivity contribution in [1.29, 1.82) is 0 Å². The van der Waals surface area contributed by atoms with Crippen molar-refractivity contribution < 1.29 is 23.7 Å². The Balaban J connectivity index is 1.63. The minimum Gasteiger partial charge on any atom is -0.497 e. The average Bonchev–Trinajstić information content (AvgIpc) is 2.67. The third-order valence-electron chi connectivity index (χ3n) is 3.52. The second-order valence-electron chi connectivity index (χ2n) is 5.28. The molecule has 0 amide bonds. The third-order valence-corrected chi connectivity index (χ3v) is 3.52. The first-order chi connectivity index (χ1) is 12.2. The van der Waals surface area contributed by atoms with Gasteiger partial charge in [0, 0.05) is 12.1 Å². The molecule has 0 bridgehead atoms. The first-order valence-corrected chi connectivity index (χ1v) is 8.03. The number of ether oxygens (including phenoxy) is 4. The Kier molecular flexibility index (Phi) is 7.72. The molecule has 0 N–H and O–H groups in total. The highest BCUT2D eigenvalue weighted by Gasteiger charge is 2.06. The highest BCUT2D eigenvalue weighted by atomic mass is 16.6.